The number of benzene rings is 1. The SMILES string of the molecule is CCOCC(O)CSc1ccc(Cl)c(Cl)c1. The third-order valence-electron chi connectivity index (χ3n) is 1.85. The number of hydrogen-bond acceptors (Lipinski definition) is 3. The number of rotatable bonds is 6. The predicted octanol–water partition coefficient (Wildman–Crippen LogP) is 3.48. The molecule has 0 fully saturated rings. The molecule has 0 aliphatic rings. The van der Waals surface area contributed by atoms with Gasteiger partial charge in [0.1, 0.15) is 0 Å². The molecule has 0 bridgehead atoms. The molecule has 1 aromatic rings. The van der Waals surface area contributed by atoms with Crippen LogP contribution in [0.5, 0.6) is 0 Å². The van der Waals surface area contributed by atoms with Gasteiger partial charge < -0.3 is 9.84 Å². The molecule has 2 nitrogen and oxygen atoms in total. The number of halogens is 2. The molecule has 0 aliphatic carbocycles. The number of hydrogen-bond donors (Lipinski definition) is 1. The van der Waals surface area contributed by atoms with Crippen molar-refractivity contribution in [3.8, 4) is 0 Å². The summed E-state index contributed by atoms with van der Waals surface area (Å²) in [6.07, 6.45) is -0.459. The van der Waals surface area contributed by atoms with Crippen molar-refractivity contribution in [3.63, 3.8) is 0 Å². The van der Waals surface area contributed by atoms with Gasteiger partial charge in [0.15, 0.2) is 0 Å². The van der Waals surface area contributed by atoms with Crippen molar-refractivity contribution in [1.82, 2.24) is 0 Å². The molecule has 0 radical (unpaired) electrons. The second-order valence-electron chi connectivity index (χ2n) is 3.20. The fraction of sp³-hybridized carbons (Fsp3) is 0.455. The molecule has 1 aromatic carbocycles. The largest absolute Gasteiger partial charge is 0.390 e. The smallest absolute Gasteiger partial charge is 0.0867 e. The Bertz CT molecular complexity index is 334. The Morgan fingerprint density at radius 3 is 2.75 bits per heavy atom. The van der Waals surface area contributed by atoms with E-state index in [9.17, 15) is 5.11 Å². The van der Waals surface area contributed by atoms with Crippen molar-refractivity contribution in [3.05, 3.63) is 28.2 Å². The highest BCUT2D eigenvalue weighted by Crippen LogP contribution is 2.28. The average Bonchev–Trinajstić information content (AvgIpc) is 2.28. The molecular formula is C11H14Cl2O2S. The third-order valence-corrected chi connectivity index (χ3v) is 3.73. The summed E-state index contributed by atoms with van der Waals surface area (Å²) in [6.45, 7) is 2.89. The number of thioether (sulfide) groups is 1. The van der Waals surface area contributed by atoms with Crippen LogP contribution in [0.15, 0.2) is 23.1 Å². The molecule has 1 N–H and O–H groups in total. The molecule has 1 atom stereocenters. The summed E-state index contributed by atoms with van der Waals surface area (Å²) >= 11 is 13.2. The van der Waals surface area contributed by atoms with Crippen LogP contribution in [-0.2, 0) is 4.74 Å². The summed E-state index contributed by atoms with van der Waals surface area (Å²) in [4.78, 5) is 0.991. The van der Waals surface area contributed by atoms with Crippen molar-refractivity contribution in [1.29, 1.82) is 0 Å². The lowest BCUT2D eigenvalue weighted by atomic mass is 10.4. The predicted molar refractivity (Wildman–Crippen MR) is 69.7 cm³/mol. The average molecular weight is 281 g/mol. The number of aliphatic hydroxyl groups excluding tert-OH is 1. The first-order chi connectivity index (χ1) is 7.63. The fourth-order valence-corrected chi connectivity index (χ4v) is 2.27. The minimum atomic E-state index is -0.459. The van der Waals surface area contributed by atoms with Gasteiger partial charge in [-0.15, -0.1) is 11.8 Å². The summed E-state index contributed by atoms with van der Waals surface area (Å²) in [5.74, 6) is 0.581. The van der Waals surface area contributed by atoms with Crippen LogP contribution in [0.25, 0.3) is 0 Å². The van der Waals surface area contributed by atoms with E-state index in [1.54, 1.807) is 12.1 Å². The van der Waals surface area contributed by atoms with Crippen LogP contribution in [0.1, 0.15) is 6.92 Å². The molecule has 90 valence electrons. The normalized spacial score (nSPS) is 12.8. The summed E-state index contributed by atoms with van der Waals surface area (Å²) < 4.78 is 5.12. The van der Waals surface area contributed by atoms with E-state index in [0.29, 0.717) is 29.0 Å². The lowest BCUT2D eigenvalue weighted by Crippen LogP contribution is -2.17. The molecule has 16 heavy (non-hydrogen) atoms. The molecule has 0 spiro atoms. The van der Waals surface area contributed by atoms with Gasteiger partial charge in [-0.2, -0.15) is 0 Å². The Morgan fingerprint density at radius 1 is 1.38 bits per heavy atom. The number of aliphatic hydroxyl groups is 1. The topological polar surface area (TPSA) is 29.5 Å². The molecule has 0 heterocycles. The van der Waals surface area contributed by atoms with Gasteiger partial charge in [-0.3, -0.25) is 0 Å². The Labute approximate surface area is 110 Å². The highest BCUT2D eigenvalue weighted by Gasteiger charge is 2.06. The molecule has 1 rings (SSSR count). The molecule has 0 aliphatic heterocycles. The van der Waals surface area contributed by atoms with Crippen molar-refractivity contribution >= 4 is 35.0 Å². The molecular weight excluding hydrogens is 267 g/mol. The van der Waals surface area contributed by atoms with Crippen LogP contribution in [0.2, 0.25) is 10.0 Å². The molecule has 0 aromatic heterocycles. The van der Waals surface area contributed by atoms with E-state index in [1.807, 2.05) is 13.0 Å². The van der Waals surface area contributed by atoms with Crippen LogP contribution in [0, 0.1) is 0 Å². The second kappa shape index (κ2) is 7.41. The zero-order valence-corrected chi connectivity index (χ0v) is 11.3. The van der Waals surface area contributed by atoms with Crippen LogP contribution in [0.3, 0.4) is 0 Å². The lowest BCUT2D eigenvalue weighted by molar-refractivity contribution is 0.0551. The van der Waals surface area contributed by atoms with Crippen LogP contribution >= 0.6 is 35.0 Å². The van der Waals surface area contributed by atoms with E-state index in [0.717, 1.165) is 4.90 Å². The maximum absolute atomic E-state index is 9.56. The van der Waals surface area contributed by atoms with Crippen molar-refractivity contribution in [2.24, 2.45) is 0 Å². The van der Waals surface area contributed by atoms with Gasteiger partial charge in [-0.25, -0.2) is 0 Å². The van der Waals surface area contributed by atoms with Crippen LogP contribution < -0.4 is 0 Å². The van der Waals surface area contributed by atoms with E-state index >= 15 is 0 Å². The summed E-state index contributed by atoms with van der Waals surface area (Å²) in [6, 6.07) is 5.43. The zero-order valence-electron chi connectivity index (χ0n) is 8.95. The maximum Gasteiger partial charge on any atom is 0.0867 e. The maximum atomic E-state index is 9.56. The first-order valence-corrected chi connectivity index (χ1v) is 6.71. The van der Waals surface area contributed by atoms with Crippen LogP contribution in [0.4, 0.5) is 0 Å². The second-order valence-corrected chi connectivity index (χ2v) is 5.11. The van der Waals surface area contributed by atoms with Crippen LogP contribution in [-0.4, -0.2) is 30.2 Å². The van der Waals surface area contributed by atoms with Crippen molar-refractivity contribution < 1.29 is 9.84 Å². The van der Waals surface area contributed by atoms with E-state index in [-0.39, 0.29) is 0 Å². The third kappa shape index (κ3) is 4.93. The van der Waals surface area contributed by atoms with Gasteiger partial charge in [0.05, 0.1) is 22.8 Å². The summed E-state index contributed by atoms with van der Waals surface area (Å²) in [7, 11) is 0. The van der Waals surface area contributed by atoms with Gasteiger partial charge in [0, 0.05) is 17.3 Å². The van der Waals surface area contributed by atoms with Gasteiger partial charge in [0.2, 0.25) is 0 Å². The van der Waals surface area contributed by atoms with Crippen molar-refractivity contribution in [2.45, 2.75) is 17.9 Å². The lowest BCUT2D eigenvalue weighted by Gasteiger charge is -2.10. The zero-order chi connectivity index (χ0) is 12.0. The van der Waals surface area contributed by atoms with Gasteiger partial charge in [0.25, 0.3) is 0 Å². The Morgan fingerprint density at radius 2 is 2.12 bits per heavy atom. The van der Waals surface area contributed by atoms with E-state index < -0.39 is 6.10 Å². The number of ether oxygens (including phenoxy) is 1. The highest BCUT2D eigenvalue weighted by molar-refractivity contribution is 7.99. The Kier molecular flexibility index (Phi) is 6.54. The summed E-state index contributed by atoms with van der Waals surface area (Å²) in [5.41, 5.74) is 0. The fourth-order valence-electron chi connectivity index (χ4n) is 1.06. The standard InChI is InChI=1S/C11H14Cl2O2S/c1-2-15-6-8(14)7-16-9-3-4-10(12)11(13)5-9/h3-5,8,14H,2,6-7H2,1H3. The van der Waals surface area contributed by atoms with E-state index in [2.05, 4.69) is 0 Å². The minimum Gasteiger partial charge on any atom is -0.390 e. The summed E-state index contributed by atoms with van der Waals surface area (Å²) in [5, 5.41) is 10.6. The van der Waals surface area contributed by atoms with Gasteiger partial charge in [-0.05, 0) is 25.1 Å². The molecule has 5 heteroatoms. The molecule has 0 amide bonds. The first-order valence-electron chi connectivity index (χ1n) is 4.97. The van der Waals surface area contributed by atoms with E-state index in [1.165, 1.54) is 11.8 Å². The Hall–Kier alpha value is 0.0700. The molecule has 1 unspecified atom stereocenters. The Balaban J connectivity index is 2.39. The monoisotopic (exact) mass is 280 g/mol. The minimum absolute atomic E-state index is 0.366. The molecule has 0 saturated heterocycles. The van der Waals surface area contributed by atoms with Gasteiger partial charge in [-0.1, -0.05) is 23.2 Å². The highest BCUT2D eigenvalue weighted by atomic mass is 35.5. The van der Waals surface area contributed by atoms with E-state index in [4.69, 9.17) is 27.9 Å². The van der Waals surface area contributed by atoms with Crippen molar-refractivity contribution in [2.75, 3.05) is 19.0 Å². The molecule has 0 saturated carbocycles. The van der Waals surface area contributed by atoms with Gasteiger partial charge >= 0.3 is 0 Å². The first kappa shape index (κ1) is 14.1. The quantitative estimate of drug-likeness (QED) is 0.809.